The monoisotopic (exact) mass is 626 g/mol. The van der Waals surface area contributed by atoms with E-state index in [1.807, 2.05) is 0 Å². The molecular weight excluding hydrogens is 595 g/mol. The van der Waals surface area contributed by atoms with Crippen LogP contribution in [-0.4, -0.2) is 0 Å². The summed E-state index contributed by atoms with van der Waals surface area (Å²) >= 11 is 0. The molecule has 9 aromatic carbocycles. The third kappa shape index (κ3) is 4.03. The van der Waals surface area contributed by atoms with Crippen molar-refractivity contribution in [1.29, 1.82) is 0 Å². The molecule has 0 aliphatic rings. The molecule has 1 heterocycles. The first-order chi connectivity index (χ1) is 23.7. The fourth-order valence-electron chi connectivity index (χ4n) is 8.14. The van der Waals surface area contributed by atoms with Gasteiger partial charge in [-0.15, -0.1) is 0 Å². The number of hydrogen-bond acceptors (Lipinski definition) is 0. The second-order valence-corrected chi connectivity index (χ2v) is 15.1. The highest BCUT2D eigenvalue weighted by Crippen LogP contribution is 2.56. The molecule has 10 rings (SSSR count). The van der Waals surface area contributed by atoms with Gasteiger partial charge in [0.1, 0.15) is 0 Å². The molecule has 224 valence electrons. The molecule has 0 saturated carbocycles. The summed E-state index contributed by atoms with van der Waals surface area (Å²) in [5, 5.41) is 17.4. The van der Waals surface area contributed by atoms with Crippen LogP contribution in [0.2, 0.25) is 0 Å². The molecule has 0 N–H and O–H groups in total. The second-order valence-electron chi connectivity index (χ2n) is 13.0. The summed E-state index contributed by atoms with van der Waals surface area (Å²) in [4.78, 5) is 0. The van der Waals surface area contributed by atoms with E-state index in [4.69, 9.17) is 0 Å². The van der Waals surface area contributed by atoms with Gasteiger partial charge in [-0.1, -0.05) is 165 Å². The number of hydrogen-bond donors (Lipinski definition) is 0. The zero-order chi connectivity index (χ0) is 31.8. The molecule has 0 bridgehead atoms. The highest BCUT2D eigenvalue weighted by molar-refractivity contribution is 7.67. The average Bonchev–Trinajstić information content (AvgIpc) is 3.47. The Balaban J connectivity index is 1.33. The summed E-state index contributed by atoms with van der Waals surface area (Å²) in [6.45, 7) is 2.22. The summed E-state index contributed by atoms with van der Waals surface area (Å²) in [6.07, 6.45) is 0. The Morgan fingerprint density at radius 2 is 0.958 bits per heavy atom. The third-order valence-corrected chi connectivity index (χ3v) is 12.8. The third-order valence-electron chi connectivity index (χ3n) is 10.2. The van der Waals surface area contributed by atoms with Gasteiger partial charge in [0.05, 0.1) is 0 Å². The normalized spacial score (nSPS) is 12.2. The Morgan fingerprint density at radius 1 is 0.354 bits per heavy atom. The molecule has 0 amide bonds. The maximum Gasteiger partial charge on any atom is 0.00687 e. The van der Waals surface area contributed by atoms with Gasteiger partial charge in [0.25, 0.3) is 0 Å². The SMILES string of the molecule is Cc1ccc2c(-c3cc4ccccc4c4ccccc34)c3ccccc3c(-c3ccc4c(c3)c3ccccc3p4-c3ccccc3)c2c1. The molecule has 1 heteroatoms. The van der Waals surface area contributed by atoms with Crippen molar-refractivity contribution in [2.75, 3.05) is 0 Å². The summed E-state index contributed by atoms with van der Waals surface area (Å²) in [5.41, 5.74) is 6.46. The van der Waals surface area contributed by atoms with Crippen molar-refractivity contribution in [3.05, 3.63) is 175 Å². The topological polar surface area (TPSA) is 0 Å². The van der Waals surface area contributed by atoms with E-state index in [1.165, 1.54) is 97.2 Å². The van der Waals surface area contributed by atoms with E-state index < -0.39 is 7.53 Å². The molecular formula is C47H31P. The van der Waals surface area contributed by atoms with Crippen molar-refractivity contribution in [1.82, 2.24) is 0 Å². The molecule has 1 unspecified atom stereocenters. The van der Waals surface area contributed by atoms with Crippen LogP contribution in [-0.2, 0) is 0 Å². The maximum absolute atomic E-state index is 2.48. The van der Waals surface area contributed by atoms with Crippen molar-refractivity contribution in [2.24, 2.45) is 0 Å². The van der Waals surface area contributed by atoms with Gasteiger partial charge in [0.2, 0.25) is 0 Å². The van der Waals surface area contributed by atoms with Crippen LogP contribution >= 0.6 is 7.53 Å². The van der Waals surface area contributed by atoms with Crippen LogP contribution in [0.15, 0.2) is 170 Å². The highest BCUT2D eigenvalue weighted by atomic mass is 31.1. The minimum Gasteiger partial charge on any atom is -0.0772 e. The molecule has 0 saturated heterocycles. The smallest absolute Gasteiger partial charge is 0.00687 e. The molecule has 1 atom stereocenters. The first-order valence-electron chi connectivity index (χ1n) is 16.7. The number of rotatable bonds is 3. The Kier molecular flexibility index (Phi) is 6.10. The summed E-state index contributed by atoms with van der Waals surface area (Å²) < 4.78 is 0. The van der Waals surface area contributed by atoms with E-state index in [0.29, 0.717) is 0 Å². The van der Waals surface area contributed by atoms with E-state index in [9.17, 15) is 0 Å². The predicted molar refractivity (Wildman–Crippen MR) is 211 cm³/mol. The quantitative estimate of drug-likeness (QED) is 0.135. The van der Waals surface area contributed by atoms with Gasteiger partial charge in [0, 0.05) is 10.2 Å². The van der Waals surface area contributed by atoms with Gasteiger partial charge < -0.3 is 0 Å². The zero-order valence-electron chi connectivity index (χ0n) is 26.6. The lowest BCUT2D eigenvalue weighted by atomic mass is 9.83. The van der Waals surface area contributed by atoms with Crippen LogP contribution in [0.4, 0.5) is 0 Å². The molecule has 0 aliphatic carbocycles. The highest BCUT2D eigenvalue weighted by Gasteiger charge is 2.21. The van der Waals surface area contributed by atoms with Crippen molar-refractivity contribution in [3.8, 4) is 27.6 Å². The lowest BCUT2D eigenvalue weighted by molar-refractivity contribution is 1.51. The summed E-state index contributed by atoms with van der Waals surface area (Å²) in [7, 11) is -0.595. The van der Waals surface area contributed by atoms with Gasteiger partial charge in [0.15, 0.2) is 0 Å². The van der Waals surface area contributed by atoms with Crippen molar-refractivity contribution >= 4 is 71.6 Å². The minimum absolute atomic E-state index is 0.595. The van der Waals surface area contributed by atoms with Crippen LogP contribution in [0.5, 0.6) is 0 Å². The second kappa shape index (κ2) is 10.7. The number of aryl methyl sites for hydroxylation is 1. The standard InChI is InChI=1S/C47H31P/c1-30-23-25-40-42(27-30)46(32-24-26-45-41(29-32)37-19-11-12-22-44(37)48(45)33-14-3-2-4-15-33)38-20-9-10-21-39(38)47(40)43-28-31-13-5-6-16-34(31)35-17-7-8-18-36(35)43/h2-29H,1H3. The largest absolute Gasteiger partial charge is 0.0772 e. The molecule has 0 fully saturated rings. The Labute approximate surface area is 280 Å². The van der Waals surface area contributed by atoms with Crippen LogP contribution in [0.25, 0.3) is 91.7 Å². The maximum atomic E-state index is 2.48. The average molecular weight is 627 g/mol. The van der Waals surface area contributed by atoms with Gasteiger partial charge >= 0.3 is 0 Å². The molecule has 0 nitrogen and oxygen atoms in total. The lowest BCUT2D eigenvalue weighted by Crippen LogP contribution is -1.93. The molecule has 0 radical (unpaired) electrons. The van der Waals surface area contributed by atoms with E-state index >= 15 is 0 Å². The first kappa shape index (κ1) is 27.4. The molecule has 10 aromatic rings. The van der Waals surface area contributed by atoms with Crippen molar-refractivity contribution in [3.63, 3.8) is 0 Å². The van der Waals surface area contributed by atoms with Crippen molar-refractivity contribution < 1.29 is 0 Å². The first-order valence-corrected chi connectivity index (χ1v) is 18.0. The van der Waals surface area contributed by atoms with E-state index in [0.717, 1.165) is 0 Å². The molecule has 1 aromatic heterocycles. The minimum atomic E-state index is -0.595. The summed E-state index contributed by atoms with van der Waals surface area (Å²) in [5.74, 6) is 0. The van der Waals surface area contributed by atoms with Crippen LogP contribution in [0, 0.1) is 6.92 Å². The van der Waals surface area contributed by atoms with Crippen LogP contribution in [0.1, 0.15) is 5.56 Å². The van der Waals surface area contributed by atoms with Crippen LogP contribution in [0.3, 0.4) is 0 Å². The Morgan fingerprint density at radius 3 is 1.77 bits per heavy atom. The van der Waals surface area contributed by atoms with Crippen molar-refractivity contribution in [2.45, 2.75) is 6.92 Å². The number of benzene rings is 9. The van der Waals surface area contributed by atoms with Gasteiger partial charge in [-0.3, -0.25) is 0 Å². The number of fused-ring (bicyclic) bond motifs is 8. The van der Waals surface area contributed by atoms with Crippen LogP contribution < -0.4 is 0 Å². The van der Waals surface area contributed by atoms with E-state index in [-0.39, 0.29) is 0 Å². The van der Waals surface area contributed by atoms with Gasteiger partial charge in [-0.05, 0) is 107 Å². The fraction of sp³-hybridized carbons (Fsp3) is 0.0213. The predicted octanol–water partition coefficient (Wildman–Crippen LogP) is 14.2. The Hall–Kier alpha value is -5.68. The lowest BCUT2D eigenvalue weighted by Gasteiger charge is -2.20. The Bertz CT molecular complexity index is 2890. The summed E-state index contributed by atoms with van der Waals surface area (Å²) in [6, 6.07) is 63.6. The molecule has 0 spiro atoms. The molecule has 0 aliphatic heterocycles. The van der Waals surface area contributed by atoms with E-state index in [1.54, 1.807) is 0 Å². The zero-order valence-corrected chi connectivity index (χ0v) is 27.5. The molecule has 48 heavy (non-hydrogen) atoms. The van der Waals surface area contributed by atoms with Gasteiger partial charge in [-0.25, -0.2) is 0 Å². The van der Waals surface area contributed by atoms with E-state index in [2.05, 4.69) is 177 Å². The fourth-order valence-corrected chi connectivity index (χ4v) is 10.7. The van der Waals surface area contributed by atoms with Gasteiger partial charge in [-0.2, -0.15) is 0 Å².